The van der Waals surface area contributed by atoms with Crippen molar-refractivity contribution in [3.8, 4) is 0 Å². The number of nitrogens with zero attached hydrogens (tertiary/aromatic N) is 2. The minimum absolute atomic E-state index is 0.0261. The van der Waals surface area contributed by atoms with E-state index >= 15 is 0 Å². The number of hydrogen-bond acceptors (Lipinski definition) is 5. The zero-order valence-electron chi connectivity index (χ0n) is 19.1. The Morgan fingerprint density at radius 3 is 2.21 bits per heavy atom. The number of rotatable bonds is 5. The molecule has 7 nitrogen and oxygen atoms in total. The SMILES string of the molecule is C[C@@H]1C[C@@H](C)CN(S(=O)(=O)c2ccc(NC(=O)C3CCN(C(=O)c4cccs4)CC3)cc2)C1. The molecule has 3 heterocycles. The van der Waals surface area contributed by atoms with Crippen LogP contribution in [-0.4, -0.2) is 55.6 Å². The number of carbonyl (C=O) groups excluding carboxylic acids is 2. The van der Waals surface area contributed by atoms with Gasteiger partial charge in [0.25, 0.3) is 5.91 Å². The van der Waals surface area contributed by atoms with Crippen LogP contribution in [0.4, 0.5) is 5.69 Å². The van der Waals surface area contributed by atoms with Crippen LogP contribution >= 0.6 is 11.3 Å². The number of nitrogens with one attached hydrogen (secondary N) is 1. The Hall–Kier alpha value is -2.23. The summed E-state index contributed by atoms with van der Waals surface area (Å²) in [6.45, 7) is 6.35. The van der Waals surface area contributed by atoms with Crippen molar-refractivity contribution >= 4 is 38.9 Å². The Morgan fingerprint density at radius 1 is 1.00 bits per heavy atom. The van der Waals surface area contributed by atoms with Crippen LogP contribution in [0.2, 0.25) is 0 Å². The number of amides is 2. The summed E-state index contributed by atoms with van der Waals surface area (Å²) >= 11 is 1.43. The van der Waals surface area contributed by atoms with Gasteiger partial charge in [-0.25, -0.2) is 8.42 Å². The molecule has 178 valence electrons. The van der Waals surface area contributed by atoms with Gasteiger partial charge in [-0.2, -0.15) is 4.31 Å². The minimum atomic E-state index is -3.54. The zero-order chi connectivity index (χ0) is 23.6. The maximum Gasteiger partial charge on any atom is 0.263 e. The van der Waals surface area contributed by atoms with E-state index in [2.05, 4.69) is 19.2 Å². The standard InChI is InChI=1S/C24H31N3O4S2/c1-17-14-18(2)16-27(15-17)33(30,31)21-7-5-20(6-8-21)25-23(28)19-9-11-26(12-10-19)24(29)22-4-3-13-32-22/h3-8,13,17-19H,9-12,14-16H2,1-2H3,(H,25,28)/t17-,18-/m1/s1. The molecule has 0 spiro atoms. The molecule has 1 N–H and O–H groups in total. The summed E-state index contributed by atoms with van der Waals surface area (Å²) in [6.07, 6.45) is 2.26. The summed E-state index contributed by atoms with van der Waals surface area (Å²) in [5.41, 5.74) is 0.580. The van der Waals surface area contributed by atoms with E-state index in [0.717, 1.165) is 11.3 Å². The van der Waals surface area contributed by atoms with Crippen LogP contribution < -0.4 is 5.32 Å². The van der Waals surface area contributed by atoms with Crippen molar-refractivity contribution in [1.82, 2.24) is 9.21 Å². The third-order valence-electron chi connectivity index (χ3n) is 6.48. The summed E-state index contributed by atoms with van der Waals surface area (Å²) in [4.78, 5) is 28.0. The zero-order valence-corrected chi connectivity index (χ0v) is 20.7. The van der Waals surface area contributed by atoms with E-state index < -0.39 is 10.0 Å². The van der Waals surface area contributed by atoms with Gasteiger partial charge in [0.2, 0.25) is 15.9 Å². The highest BCUT2D eigenvalue weighted by atomic mass is 32.2. The average Bonchev–Trinajstić information content (AvgIpc) is 3.33. The van der Waals surface area contributed by atoms with Crippen LogP contribution in [0.15, 0.2) is 46.7 Å². The first kappa shape index (κ1) is 23.9. The van der Waals surface area contributed by atoms with Gasteiger partial charge in [-0.15, -0.1) is 11.3 Å². The van der Waals surface area contributed by atoms with Gasteiger partial charge in [-0.05, 0) is 66.8 Å². The average molecular weight is 490 g/mol. The van der Waals surface area contributed by atoms with Crippen molar-refractivity contribution in [2.24, 2.45) is 17.8 Å². The lowest BCUT2D eigenvalue weighted by Crippen LogP contribution is -2.42. The number of hydrogen-bond donors (Lipinski definition) is 1. The van der Waals surface area contributed by atoms with Crippen LogP contribution in [0, 0.1) is 17.8 Å². The number of anilines is 1. The van der Waals surface area contributed by atoms with Crippen LogP contribution in [0.3, 0.4) is 0 Å². The highest BCUT2D eigenvalue weighted by Crippen LogP contribution is 2.28. The molecule has 2 fully saturated rings. The topological polar surface area (TPSA) is 86.8 Å². The number of piperidine rings is 2. The molecule has 2 saturated heterocycles. The molecule has 2 aliphatic heterocycles. The summed E-state index contributed by atoms with van der Waals surface area (Å²) in [5.74, 6) is 0.450. The summed E-state index contributed by atoms with van der Waals surface area (Å²) in [7, 11) is -3.54. The van der Waals surface area contributed by atoms with Crippen molar-refractivity contribution in [2.45, 2.75) is 38.0 Å². The van der Waals surface area contributed by atoms with Gasteiger partial charge in [-0.3, -0.25) is 9.59 Å². The van der Waals surface area contributed by atoms with E-state index in [1.54, 1.807) is 33.5 Å². The van der Waals surface area contributed by atoms with Crippen molar-refractivity contribution in [3.05, 3.63) is 46.7 Å². The highest BCUT2D eigenvalue weighted by Gasteiger charge is 2.32. The maximum absolute atomic E-state index is 13.0. The Balaban J connectivity index is 1.33. The predicted molar refractivity (Wildman–Crippen MR) is 130 cm³/mol. The first-order chi connectivity index (χ1) is 15.7. The second-order valence-corrected chi connectivity index (χ2v) is 12.2. The fourth-order valence-corrected chi connectivity index (χ4v) is 7.18. The molecule has 1 aromatic heterocycles. The summed E-state index contributed by atoms with van der Waals surface area (Å²) in [5, 5.41) is 4.79. The van der Waals surface area contributed by atoms with Crippen LogP contribution in [0.1, 0.15) is 42.8 Å². The second kappa shape index (κ2) is 9.95. The molecule has 0 aliphatic carbocycles. The molecule has 2 aromatic rings. The molecule has 1 aromatic carbocycles. The van der Waals surface area contributed by atoms with Crippen molar-refractivity contribution in [3.63, 3.8) is 0 Å². The number of likely N-dealkylation sites (tertiary alicyclic amines) is 1. The second-order valence-electron chi connectivity index (χ2n) is 9.33. The van der Waals surface area contributed by atoms with E-state index in [1.807, 2.05) is 17.5 Å². The molecular formula is C24H31N3O4S2. The molecule has 0 radical (unpaired) electrons. The van der Waals surface area contributed by atoms with Gasteiger partial charge >= 0.3 is 0 Å². The largest absolute Gasteiger partial charge is 0.338 e. The smallest absolute Gasteiger partial charge is 0.263 e. The van der Waals surface area contributed by atoms with E-state index in [9.17, 15) is 18.0 Å². The Bertz CT molecular complexity index is 1070. The molecule has 0 saturated carbocycles. The van der Waals surface area contributed by atoms with Gasteiger partial charge in [0, 0.05) is 37.8 Å². The maximum atomic E-state index is 13.0. The Morgan fingerprint density at radius 2 is 1.64 bits per heavy atom. The fraction of sp³-hybridized carbons (Fsp3) is 0.500. The minimum Gasteiger partial charge on any atom is -0.338 e. The number of sulfonamides is 1. The summed E-state index contributed by atoms with van der Waals surface area (Å²) < 4.78 is 27.6. The van der Waals surface area contributed by atoms with E-state index in [0.29, 0.717) is 56.5 Å². The lowest BCUT2D eigenvalue weighted by molar-refractivity contribution is -0.121. The highest BCUT2D eigenvalue weighted by molar-refractivity contribution is 7.89. The van der Waals surface area contributed by atoms with Crippen LogP contribution in [-0.2, 0) is 14.8 Å². The lowest BCUT2D eigenvalue weighted by atomic mass is 9.94. The summed E-state index contributed by atoms with van der Waals surface area (Å²) in [6, 6.07) is 10.1. The van der Waals surface area contributed by atoms with Gasteiger partial charge in [0.15, 0.2) is 0 Å². The van der Waals surface area contributed by atoms with Crippen LogP contribution in [0.25, 0.3) is 0 Å². The van der Waals surface area contributed by atoms with Gasteiger partial charge in [0.05, 0.1) is 9.77 Å². The fourth-order valence-electron chi connectivity index (χ4n) is 4.81. The molecule has 2 atom stereocenters. The first-order valence-electron chi connectivity index (χ1n) is 11.5. The molecule has 4 rings (SSSR count). The van der Waals surface area contributed by atoms with Gasteiger partial charge in [0.1, 0.15) is 0 Å². The normalized spacial score (nSPS) is 22.8. The van der Waals surface area contributed by atoms with Crippen molar-refractivity contribution in [1.29, 1.82) is 0 Å². The molecule has 0 unspecified atom stereocenters. The molecule has 0 bridgehead atoms. The predicted octanol–water partition coefficient (Wildman–Crippen LogP) is 3.91. The molecule has 33 heavy (non-hydrogen) atoms. The van der Waals surface area contributed by atoms with Crippen molar-refractivity contribution in [2.75, 3.05) is 31.5 Å². The Labute approximate surface area is 199 Å². The quantitative estimate of drug-likeness (QED) is 0.690. The van der Waals surface area contributed by atoms with E-state index in [-0.39, 0.29) is 22.6 Å². The monoisotopic (exact) mass is 489 g/mol. The lowest BCUT2D eigenvalue weighted by Gasteiger charge is -2.34. The van der Waals surface area contributed by atoms with E-state index in [1.165, 1.54) is 11.3 Å². The first-order valence-corrected chi connectivity index (χ1v) is 13.8. The van der Waals surface area contributed by atoms with E-state index in [4.69, 9.17) is 0 Å². The van der Waals surface area contributed by atoms with Crippen molar-refractivity contribution < 1.29 is 18.0 Å². The molecular weight excluding hydrogens is 458 g/mol. The Kier molecular flexibility index (Phi) is 7.21. The van der Waals surface area contributed by atoms with Gasteiger partial charge in [-0.1, -0.05) is 19.9 Å². The number of carbonyl (C=O) groups is 2. The third-order valence-corrected chi connectivity index (χ3v) is 9.18. The molecule has 9 heteroatoms. The number of benzene rings is 1. The van der Waals surface area contributed by atoms with Crippen LogP contribution in [0.5, 0.6) is 0 Å². The molecule has 2 aliphatic rings. The van der Waals surface area contributed by atoms with Gasteiger partial charge < -0.3 is 10.2 Å². The number of thiophene rings is 1. The molecule has 2 amide bonds. The third kappa shape index (κ3) is 5.47.